The number of hydrogen-bond donors (Lipinski definition) is 3. The average Bonchev–Trinajstić information content (AvgIpc) is 2.79. The first-order valence-electron chi connectivity index (χ1n) is 10.4. The Balaban J connectivity index is 2.32. The van der Waals surface area contributed by atoms with Gasteiger partial charge in [-0.15, -0.1) is 0 Å². The number of anilines is 1. The number of sulfonamides is 1. The van der Waals surface area contributed by atoms with Crippen LogP contribution in [0, 0.1) is 6.92 Å². The van der Waals surface area contributed by atoms with E-state index in [1.54, 1.807) is 43.3 Å². The summed E-state index contributed by atoms with van der Waals surface area (Å²) < 4.78 is 33.1. The molecule has 0 bridgehead atoms. The minimum Gasteiger partial charge on any atom is -0.462 e. The molecule has 2 amide bonds. The number of aryl methyl sites for hydroxylation is 1. The van der Waals surface area contributed by atoms with Crippen LogP contribution in [-0.2, 0) is 14.8 Å². The van der Waals surface area contributed by atoms with E-state index in [0.29, 0.717) is 29.8 Å². The Morgan fingerprint density at radius 3 is 2.27 bits per heavy atom. The summed E-state index contributed by atoms with van der Waals surface area (Å²) in [6.07, 6.45) is 0.721. The lowest BCUT2D eigenvalue weighted by Crippen LogP contribution is -2.33. The van der Waals surface area contributed by atoms with E-state index in [-0.39, 0.29) is 24.6 Å². The smallest absolute Gasteiger partial charge is 0.338 e. The second kappa shape index (κ2) is 12.0. The zero-order valence-electron chi connectivity index (χ0n) is 18.7. The van der Waals surface area contributed by atoms with Crippen LogP contribution in [-0.4, -0.2) is 45.8 Å². The number of nitrogens with zero attached hydrogens (tertiary/aromatic N) is 2. The van der Waals surface area contributed by atoms with Gasteiger partial charge in [0.15, 0.2) is 0 Å². The van der Waals surface area contributed by atoms with Crippen LogP contribution >= 0.6 is 0 Å². The Morgan fingerprint density at radius 2 is 1.73 bits per heavy atom. The van der Waals surface area contributed by atoms with Crippen LogP contribution in [0.4, 0.5) is 10.5 Å². The highest BCUT2D eigenvalue weighted by Crippen LogP contribution is 2.25. The van der Waals surface area contributed by atoms with E-state index in [2.05, 4.69) is 10.5 Å². The number of rotatable bonds is 11. The molecule has 2 rings (SSSR count). The number of carbonyl (C=O) groups excluding carboxylic acids is 2. The molecule has 0 spiro atoms. The maximum Gasteiger partial charge on any atom is 0.338 e. The van der Waals surface area contributed by atoms with Gasteiger partial charge in [0.05, 0.1) is 28.5 Å². The van der Waals surface area contributed by atoms with Crippen molar-refractivity contribution in [3.05, 3.63) is 59.7 Å². The van der Waals surface area contributed by atoms with E-state index in [1.165, 1.54) is 16.4 Å². The number of nitrogens with one attached hydrogen (secondary N) is 1. The lowest BCUT2D eigenvalue weighted by molar-refractivity contribution is 0.0526. The molecule has 0 aliphatic heterocycles. The number of urea groups is 1. The molecule has 178 valence electrons. The van der Waals surface area contributed by atoms with E-state index >= 15 is 0 Å². The SMILES string of the molecule is CCOC(=O)c1ccc(N(CCC/C(CN)=N/NC(N)=O)S(=O)(=O)c2ccc(C)cc2)cc1. The molecule has 33 heavy (non-hydrogen) atoms. The number of amides is 2. The van der Waals surface area contributed by atoms with Crippen LogP contribution in [0.5, 0.6) is 0 Å². The molecule has 2 aromatic carbocycles. The van der Waals surface area contributed by atoms with Crippen LogP contribution in [0.3, 0.4) is 0 Å². The Bertz CT molecular complexity index is 1080. The first kappa shape index (κ1) is 25.8. The number of primary amides is 1. The van der Waals surface area contributed by atoms with Crippen molar-refractivity contribution in [2.75, 3.05) is 24.0 Å². The fourth-order valence-corrected chi connectivity index (χ4v) is 4.47. The number of carbonyl (C=O) groups is 2. The Labute approximate surface area is 193 Å². The molecule has 11 heteroatoms. The highest BCUT2D eigenvalue weighted by atomic mass is 32.2. The lowest BCUT2D eigenvalue weighted by Gasteiger charge is -2.25. The molecule has 0 unspecified atom stereocenters. The van der Waals surface area contributed by atoms with Crippen LogP contribution in [0.15, 0.2) is 58.5 Å². The number of hydrazone groups is 1. The van der Waals surface area contributed by atoms with Crippen molar-refractivity contribution in [1.29, 1.82) is 0 Å². The first-order valence-corrected chi connectivity index (χ1v) is 11.8. The molecule has 2 aromatic rings. The fourth-order valence-electron chi connectivity index (χ4n) is 2.97. The average molecular weight is 476 g/mol. The Kier molecular flexibility index (Phi) is 9.37. The number of nitrogens with two attached hydrogens (primary N) is 2. The van der Waals surface area contributed by atoms with Crippen molar-refractivity contribution in [3.8, 4) is 0 Å². The van der Waals surface area contributed by atoms with Gasteiger partial charge in [-0.2, -0.15) is 5.10 Å². The molecule has 5 N–H and O–H groups in total. The maximum absolute atomic E-state index is 13.4. The fraction of sp³-hybridized carbons (Fsp3) is 0.318. The molecule has 0 saturated heterocycles. The van der Waals surface area contributed by atoms with E-state index < -0.39 is 22.0 Å². The molecule has 0 aromatic heterocycles. The molecule has 0 saturated carbocycles. The first-order chi connectivity index (χ1) is 15.7. The molecular weight excluding hydrogens is 446 g/mol. The van der Waals surface area contributed by atoms with E-state index in [0.717, 1.165) is 5.56 Å². The minimum absolute atomic E-state index is 0.0826. The summed E-state index contributed by atoms with van der Waals surface area (Å²) in [6, 6.07) is 11.9. The zero-order chi connectivity index (χ0) is 24.4. The van der Waals surface area contributed by atoms with Gasteiger partial charge in [0, 0.05) is 13.1 Å². The van der Waals surface area contributed by atoms with Gasteiger partial charge in [-0.25, -0.2) is 23.4 Å². The van der Waals surface area contributed by atoms with Gasteiger partial charge in [0.1, 0.15) is 0 Å². The third kappa shape index (κ3) is 7.29. The predicted octanol–water partition coefficient (Wildman–Crippen LogP) is 2.13. The monoisotopic (exact) mass is 475 g/mol. The zero-order valence-corrected chi connectivity index (χ0v) is 19.5. The molecular formula is C22H29N5O5S. The van der Waals surface area contributed by atoms with Crippen LogP contribution in [0.1, 0.15) is 35.7 Å². The van der Waals surface area contributed by atoms with Gasteiger partial charge >= 0.3 is 12.0 Å². The quantitative estimate of drug-likeness (QED) is 0.257. The molecule has 0 radical (unpaired) electrons. The van der Waals surface area contributed by atoms with Crippen molar-refractivity contribution < 1.29 is 22.7 Å². The summed E-state index contributed by atoms with van der Waals surface area (Å²) >= 11 is 0. The van der Waals surface area contributed by atoms with Gasteiger partial charge in [-0.1, -0.05) is 17.7 Å². The van der Waals surface area contributed by atoms with Crippen molar-refractivity contribution in [1.82, 2.24) is 5.43 Å². The van der Waals surface area contributed by atoms with Crippen LogP contribution in [0.25, 0.3) is 0 Å². The summed E-state index contributed by atoms with van der Waals surface area (Å²) in [5, 5.41) is 3.84. The molecule has 0 atom stereocenters. The Hall–Kier alpha value is -3.44. The maximum atomic E-state index is 13.4. The molecule has 0 fully saturated rings. The largest absolute Gasteiger partial charge is 0.462 e. The van der Waals surface area contributed by atoms with Gasteiger partial charge in [0.2, 0.25) is 0 Å². The Morgan fingerprint density at radius 1 is 1.09 bits per heavy atom. The number of esters is 1. The van der Waals surface area contributed by atoms with Crippen LogP contribution < -0.4 is 21.2 Å². The van der Waals surface area contributed by atoms with Gasteiger partial charge < -0.3 is 16.2 Å². The number of benzene rings is 2. The van der Waals surface area contributed by atoms with Gasteiger partial charge in [0.25, 0.3) is 10.0 Å². The summed E-state index contributed by atoms with van der Waals surface area (Å²) in [5.74, 6) is -0.484. The highest BCUT2D eigenvalue weighted by molar-refractivity contribution is 7.92. The van der Waals surface area contributed by atoms with Crippen LogP contribution in [0.2, 0.25) is 0 Å². The normalized spacial score (nSPS) is 11.7. The summed E-state index contributed by atoms with van der Waals surface area (Å²) in [5.41, 5.74) is 14.9. The van der Waals surface area contributed by atoms with Crippen molar-refractivity contribution in [2.24, 2.45) is 16.6 Å². The summed E-state index contributed by atoms with van der Waals surface area (Å²) in [6.45, 7) is 4.02. The van der Waals surface area contributed by atoms with Crippen molar-refractivity contribution >= 4 is 33.4 Å². The summed E-state index contributed by atoms with van der Waals surface area (Å²) in [7, 11) is -3.89. The molecule has 0 aliphatic rings. The summed E-state index contributed by atoms with van der Waals surface area (Å²) in [4.78, 5) is 23.0. The molecule has 0 aliphatic carbocycles. The van der Waals surface area contributed by atoms with Crippen molar-refractivity contribution in [3.63, 3.8) is 0 Å². The van der Waals surface area contributed by atoms with E-state index in [4.69, 9.17) is 16.2 Å². The lowest BCUT2D eigenvalue weighted by atomic mass is 10.2. The highest BCUT2D eigenvalue weighted by Gasteiger charge is 2.25. The second-order valence-electron chi connectivity index (χ2n) is 7.12. The van der Waals surface area contributed by atoms with Crippen molar-refractivity contribution in [2.45, 2.75) is 31.6 Å². The van der Waals surface area contributed by atoms with Gasteiger partial charge in [-0.3, -0.25) is 4.31 Å². The second-order valence-corrected chi connectivity index (χ2v) is 8.98. The van der Waals surface area contributed by atoms with E-state index in [1.807, 2.05) is 6.92 Å². The predicted molar refractivity (Wildman–Crippen MR) is 127 cm³/mol. The molecule has 10 nitrogen and oxygen atoms in total. The topological polar surface area (TPSA) is 157 Å². The third-order valence-corrected chi connectivity index (χ3v) is 6.50. The third-order valence-electron chi connectivity index (χ3n) is 4.66. The number of hydrogen-bond acceptors (Lipinski definition) is 7. The van der Waals surface area contributed by atoms with Gasteiger partial charge in [-0.05, 0) is 63.1 Å². The van der Waals surface area contributed by atoms with E-state index in [9.17, 15) is 18.0 Å². The molecule has 0 heterocycles. The number of ether oxygens (including phenoxy) is 1. The standard InChI is InChI=1S/C22H29N5O5S/c1-3-32-21(28)17-8-10-19(11-9-17)27(14-4-5-18(15-23)25-26-22(24)29)33(30,31)20-12-6-16(2)7-13-20/h6-13H,3-5,14-15,23H2,1-2H3,(H3,24,26,29)/b25-18-. The minimum atomic E-state index is -3.89.